The molecule has 1 saturated heterocycles. The van der Waals surface area contributed by atoms with Crippen molar-refractivity contribution in [1.29, 1.82) is 0 Å². The number of hydrogen-bond acceptors (Lipinski definition) is 5. The topological polar surface area (TPSA) is 122 Å². The maximum Gasteiger partial charge on any atom is 0.356 e. The van der Waals surface area contributed by atoms with E-state index in [1.165, 1.54) is 4.31 Å². The number of aromatic nitrogens is 2. The predicted octanol–water partition coefficient (Wildman–Crippen LogP) is -0.554. The first kappa shape index (κ1) is 18.1. The van der Waals surface area contributed by atoms with E-state index in [1.807, 2.05) is 0 Å². The van der Waals surface area contributed by atoms with E-state index in [0.717, 1.165) is 24.1 Å². The van der Waals surface area contributed by atoms with Crippen LogP contribution in [0.3, 0.4) is 0 Å². The number of nitrogens with zero attached hydrogens (tertiary/aromatic N) is 4. The Bertz CT molecular complexity index is 780. The molecule has 1 aliphatic carbocycles. The molecular weight excluding hydrogens is 346 g/mol. The van der Waals surface area contributed by atoms with Crippen molar-refractivity contribution >= 4 is 16.2 Å². The van der Waals surface area contributed by atoms with Crippen LogP contribution in [0.1, 0.15) is 28.2 Å². The van der Waals surface area contributed by atoms with Crippen LogP contribution in [0.4, 0.5) is 0 Å². The molecule has 9 nitrogen and oxygen atoms in total. The molecule has 0 saturated carbocycles. The standard InChI is InChI=1S/C15H23N5O4S/c1-2-5-20-13-4-3-11(10-12(13)14(17-20)15(21)22)18-6-8-19(9-7-18)25(16,23)24/h2,11H,1,3-10H2,(H,21,22)(H2,16,23,24). The van der Waals surface area contributed by atoms with Crippen molar-refractivity contribution in [3.63, 3.8) is 0 Å². The van der Waals surface area contributed by atoms with Gasteiger partial charge in [-0.25, -0.2) is 9.93 Å². The first-order valence-corrected chi connectivity index (χ1v) is 9.76. The van der Waals surface area contributed by atoms with Crippen LogP contribution < -0.4 is 5.14 Å². The summed E-state index contributed by atoms with van der Waals surface area (Å²) in [4.78, 5) is 13.7. The van der Waals surface area contributed by atoms with Crippen molar-refractivity contribution in [1.82, 2.24) is 19.0 Å². The number of rotatable bonds is 5. The number of aromatic carboxylic acids is 1. The van der Waals surface area contributed by atoms with Crippen LogP contribution in [0.5, 0.6) is 0 Å². The molecule has 25 heavy (non-hydrogen) atoms. The first-order valence-electron chi connectivity index (χ1n) is 8.26. The molecule has 10 heteroatoms. The minimum atomic E-state index is -3.64. The third-order valence-corrected chi connectivity index (χ3v) is 6.06. The van der Waals surface area contributed by atoms with Crippen LogP contribution in [0.15, 0.2) is 12.7 Å². The normalized spacial score (nSPS) is 22.5. The fourth-order valence-electron chi connectivity index (χ4n) is 3.75. The summed E-state index contributed by atoms with van der Waals surface area (Å²) in [6.45, 7) is 6.11. The monoisotopic (exact) mass is 369 g/mol. The molecule has 1 atom stereocenters. The quantitative estimate of drug-likeness (QED) is 0.671. The third kappa shape index (κ3) is 3.61. The van der Waals surface area contributed by atoms with Crippen molar-refractivity contribution in [2.75, 3.05) is 26.2 Å². The van der Waals surface area contributed by atoms with E-state index >= 15 is 0 Å². The molecular formula is C15H23N5O4S. The van der Waals surface area contributed by atoms with Gasteiger partial charge in [-0.15, -0.1) is 6.58 Å². The Morgan fingerprint density at radius 2 is 2.04 bits per heavy atom. The Labute approximate surface area is 146 Å². The van der Waals surface area contributed by atoms with E-state index in [1.54, 1.807) is 10.8 Å². The van der Waals surface area contributed by atoms with Crippen LogP contribution in [0.25, 0.3) is 0 Å². The van der Waals surface area contributed by atoms with Crippen LogP contribution in [0, 0.1) is 0 Å². The minimum absolute atomic E-state index is 0.115. The van der Waals surface area contributed by atoms with Gasteiger partial charge in [-0.2, -0.15) is 17.8 Å². The number of carboxylic acids is 1. The average molecular weight is 369 g/mol. The zero-order chi connectivity index (χ0) is 18.2. The van der Waals surface area contributed by atoms with Crippen molar-refractivity contribution in [2.45, 2.75) is 31.8 Å². The van der Waals surface area contributed by atoms with Gasteiger partial charge in [-0.1, -0.05) is 6.08 Å². The van der Waals surface area contributed by atoms with Gasteiger partial charge in [-0.3, -0.25) is 9.58 Å². The predicted molar refractivity (Wildman–Crippen MR) is 91.4 cm³/mol. The third-order valence-electron chi connectivity index (χ3n) is 4.97. The molecule has 1 aromatic heterocycles. The zero-order valence-electron chi connectivity index (χ0n) is 14.0. The lowest BCUT2D eigenvalue weighted by atomic mass is 9.90. The van der Waals surface area contributed by atoms with Crippen LogP contribution in [-0.4, -0.2) is 70.7 Å². The highest BCUT2D eigenvalue weighted by Gasteiger charge is 2.34. The fourth-order valence-corrected chi connectivity index (χ4v) is 4.42. The summed E-state index contributed by atoms with van der Waals surface area (Å²) in [5.41, 5.74) is 1.88. The van der Waals surface area contributed by atoms with Crippen molar-refractivity contribution < 1.29 is 18.3 Å². The summed E-state index contributed by atoms with van der Waals surface area (Å²) in [6, 6.07) is 0.189. The summed E-state index contributed by atoms with van der Waals surface area (Å²) < 4.78 is 25.8. The zero-order valence-corrected chi connectivity index (χ0v) is 14.8. The smallest absolute Gasteiger partial charge is 0.356 e. The number of hydrogen-bond donors (Lipinski definition) is 2. The molecule has 1 aromatic rings. The summed E-state index contributed by atoms with van der Waals surface area (Å²) in [5, 5.41) is 18.8. The number of nitrogens with two attached hydrogens (primary N) is 1. The number of allylic oxidation sites excluding steroid dienone is 1. The Morgan fingerprint density at radius 1 is 1.36 bits per heavy atom. The lowest BCUT2D eigenvalue weighted by molar-refractivity contribution is 0.0686. The second-order valence-corrected chi connectivity index (χ2v) is 7.97. The van der Waals surface area contributed by atoms with E-state index < -0.39 is 16.2 Å². The van der Waals surface area contributed by atoms with Gasteiger partial charge in [0, 0.05) is 43.5 Å². The van der Waals surface area contributed by atoms with Crippen LogP contribution >= 0.6 is 0 Å². The molecule has 2 aliphatic rings. The second kappa shape index (κ2) is 6.87. The molecule has 2 heterocycles. The highest BCUT2D eigenvalue weighted by atomic mass is 32.2. The molecule has 1 unspecified atom stereocenters. The molecule has 0 amide bonds. The summed E-state index contributed by atoms with van der Waals surface area (Å²) in [5.74, 6) is -1.02. The van der Waals surface area contributed by atoms with E-state index in [-0.39, 0.29) is 11.7 Å². The maximum absolute atomic E-state index is 11.5. The fraction of sp³-hybridized carbons (Fsp3) is 0.600. The highest BCUT2D eigenvalue weighted by Crippen LogP contribution is 2.28. The Morgan fingerprint density at radius 3 is 2.60 bits per heavy atom. The van der Waals surface area contributed by atoms with Gasteiger partial charge in [-0.05, 0) is 19.3 Å². The molecule has 0 aromatic carbocycles. The maximum atomic E-state index is 11.5. The van der Waals surface area contributed by atoms with Crippen molar-refractivity contribution in [2.24, 2.45) is 5.14 Å². The summed E-state index contributed by atoms with van der Waals surface area (Å²) in [7, 11) is -3.64. The number of piperazine rings is 1. The first-order chi connectivity index (χ1) is 11.8. The van der Waals surface area contributed by atoms with E-state index in [2.05, 4.69) is 16.6 Å². The Balaban J connectivity index is 1.75. The molecule has 0 radical (unpaired) electrons. The molecule has 3 N–H and O–H groups in total. The van der Waals surface area contributed by atoms with Gasteiger partial charge in [0.05, 0.1) is 6.54 Å². The van der Waals surface area contributed by atoms with Gasteiger partial charge in [0.1, 0.15) is 0 Å². The Kier molecular flexibility index (Phi) is 4.96. The molecule has 3 rings (SSSR count). The molecule has 138 valence electrons. The van der Waals surface area contributed by atoms with Gasteiger partial charge in [0.25, 0.3) is 10.2 Å². The minimum Gasteiger partial charge on any atom is -0.476 e. The number of carboxylic acid groups (broad SMARTS) is 1. The molecule has 0 spiro atoms. The van der Waals surface area contributed by atoms with Gasteiger partial charge in [0.15, 0.2) is 5.69 Å². The molecule has 1 aliphatic heterocycles. The largest absolute Gasteiger partial charge is 0.476 e. The number of carbonyl (C=O) groups is 1. The van der Waals surface area contributed by atoms with E-state index in [4.69, 9.17) is 5.14 Å². The SMILES string of the molecule is C=CCn1nc(C(=O)O)c2c1CCC(N1CCN(S(N)(=O)=O)CC1)C2. The lowest BCUT2D eigenvalue weighted by Crippen LogP contribution is -2.54. The Hall–Kier alpha value is -1.75. The molecule has 1 fully saturated rings. The lowest BCUT2D eigenvalue weighted by Gasteiger charge is -2.39. The van der Waals surface area contributed by atoms with E-state index in [9.17, 15) is 18.3 Å². The number of fused-ring (bicyclic) bond motifs is 1. The second-order valence-electron chi connectivity index (χ2n) is 6.43. The highest BCUT2D eigenvalue weighted by molar-refractivity contribution is 7.86. The van der Waals surface area contributed by atoms with Crippen LogP contribution in [0.2, 0.25) is 0 Å². The van der Waals surface area contributed by atoms with Gasteiger partial charge >= 0.3 is 5.97 Å². The van der Waals surface area contributed by atoms with Gasteiger partial charge < -0.3 is 5.11 Å². The molecule has 0 bridgehead atoms. The summed E-state index contributed by atoms with van der Waals surface area (Å²) in [6.07, 6.45) is 3.97. The van der Waals surface area contributed by atoms with Crippen molar-refractivity contribution in [3.8, 4) is 0 Å². The van der Waals surface area contributed by atoms with Crippen LogP contribution in [-0.2, 0) is 29.6 Å². The summed E-state index contributed by atoms with van der Waals surface area (Å²) >= 11 is 0. The van der Waals surface area contributed by atoms with Crippen molar-refractivity contribution in [3.05, 3.63) is 29.6 Å². The van der Waals surface area contributed by atoms with E-state index in [0.29, 0.717) is 39.1 Å². The average Bonchev–Trinajstić information content (AvgIpc) is 2.93. The van der Waals surface area contributed by atoms with Gasteiger partial charge in [0.2, 0.25) is 0 Å².